The van der Waals surface area contributed by atoms with Crippen LogP contribution in [0.2, 0.25) is 0 Å². The Balaban J connectivity index is 0.000000108. The lowest BCUT2D eigenvalue weighted by Crippen LogP contribution is -2.30. The molecule has 19 aromatic carbocycles. The van der Waals surface area contributed by atoms with E-state index in [1.54, 1.807) is 0 Å². The maximum absolute atomic E-state index is 14.8. The van der Waals surface area contributed by atoms with Crippen LogP contribution in [0.25, 0.3) is 132 Å². The first-order valence-corrected chi connectivity index (χ1v) is 47.5. The molecule has 11 heteroatoms. The molecule has 134 heavy (non-hydrogen) atoms. The van der Waals surface area contributed by atoms with E-state index in [4.69, 9.17) is 0 Å². The summed E-state index contributed by atoms with van der Waals surface area (Å²) in [6.45, 7) is 4.67. The van der Waals surface area contributed by atoms with Crippen molar-refractivity contribution < 1.29 is 4.57 Å². The molecule has 0 radical (unpaired) electrons. The zero-order valence-corrected chi connectivity index (χ0v) is 74.6. The Hall–Kier alpha value is -17.2. The zero-order chi connectivity index (χ0) is 89.1. The van der Waals surface area contributed by atoms with Gasteiger partial charge in [0.25, 0.3) is 0 Å². The monoisotopic (exact) mass is 1740 g/mol. The third kappa shape index (κ3) is 12.7. The van der Waals surface area contributed by atoms with Crippen molar-refractivity contribution in [2.75, 3.05) is 14.7 Å². The fourth-order valence-corrected chi connectivity index (χ4v) is 24.0. The minimum atomic E-state index is -3.02. The summed E-state index contributed by atoms with van der Waals surface area (Å²) < 4.78 is 28.9. The normalized spacial score (nSPS) is 12.7. The molecular formula is C123H88N9OP. The van der Waals surface area contributed by atoms with E-state index in [1.807, 2.05) is 72.8 Å². The van der Waals surface area contributed by atoms with Crippen molar-refractivity contribution in [2.45, 2.75) is 19.3 Å². The second kappa shape index (κ2) is 32.2. The molecule has 27 rings (SSSR count). The maximum atomic E-state index is 14.8. The number of hydrogen-bond acceptors (Lipinski definition) is 4. The molecule has 0 fully saturated rings. The van der Waals surface area contributed by atoms with Gasteiger partial charge in [-0.25, -0.2) is 0 Å². The highest BCUT2D eigenvalue weighted by Crippen LogP contribution is 2.56. The van der Waals surface area contributed by atoms with Gasteiger partial charge in [0.2, 0.25) is 0 Å². The Kier molecular flexibility index (Phi) is 19.0. The molecule has 0 saturated carbocycles. The molecule has 2 aliphatic rings. The van der Waals surface area contributed by atoms with Crippen LogP contribution < -0.4 is 30.6 Å². The molecule has 25 aromatic rings. The molecule has 636 valence electrons. The standard InChI is InChI=1S/C44H30N4.C41H31N3.C38H27N2OP/c1-3-13-32(14-4-1)46-40-19-9-11-21-42(40)47(43-22-12-10-20-41(43)46)34-25-23-31(24-26-34)45-30-29-37-38(45)28-27-36-35-17-7-8-18-39(35)48(44(36)37)33-15-5-2-6-16-33;1-41(2)34-18-7-10-21-38(34)43(39-22-11-8-19-35(39)41)30-16-12-15-29(27-30)42-26-25-33-36(42)24-23-32-31-17-6-9-20-37(31)44(40(32)33)28-13-4-3-5-14-28;41-42(30-14-6-2-7-15-30,31-16-8-3-9-17-31)32-22-20-28(21-23-32)39-27-26-35-36(39)25-24-34-33-18-10-11-19-37(33)40(38(34)35)29-12-4-1-5-13-29/h1-30H;3-27H,1-2H3;1-27H. The molecule has 0 unspecified atom stereocenters. The van der Waals surface area contributed by atoms with Gasteiger partial charge in [-0.15, -0.1) is 0 Å². The van der Waals surface area contributed by atoms with E-state index in [-0.39, 0.29) is 5.41 Å². The Morgan fingerprint density at radius 2 is 0.455 bits per heavy atom. The lowest BCUT2D eigenvalue weighted by molar-refractivity contribution is 0.592. The average molecular weight is 1740 g/mol. The minimum absolute atomic E-state index is 0.0828. The van der Waals surface area contributed by atoms with E-state index in [2.05, 4.69) is 481 Å². The smallest absolute Gasteiger partial charge is 0.171 e. The summed E-state index contributed by atoms with van der Waals surface area (Å²) in [7, 11) is -3.02. The third-order valence-corrected chi connectivity index (χ3v) is 30.5. The number of aromatic nitrogens is 6. The third-order valence-electron chi connectivity index (χ3n) is 27.4. The molecule has 6 aromatic heterocycles. The lowest BCUT2D eigenvalue weighted by atomic mass is 9.73. The molecule has 0 saturated heterocycles. The summed E-state index contributed by atoms with van der Waals surface area (Å²) in [5, 5.41) is 13.7. The second-order valence-corrected chi connectivity index (χ2v) is 37.9. The second-order valence-electron chi connectivity index (χ2n) is 35.1. The molecule has 0 bridgehead atoms. The van der Waals surface area contributed by atoms with Crippen molar-refractivity contribution in [1.29, 1.82) is 0 Å². The number of nitrogens with zero attached hydrogens (tertiary/aromatic N) is 9. The number of anilines is 9. The van der Waals surface area contributed by atoms with Crippen LogP contribution in [0, 0.1) is 0 Å². The molecule has 0 atom stereocenters. The minimum Gasteiger partial charge on any atom is -0.316 e. The van der Waals surface area contributed by atoms with Crippen LogP contribution in [0.4, 0.5) is 51.2 Å². The van der Waals surface area contributed by atoms with Crippen LogP contribution in [-0.2, 0) is 9.98 Å². The summed E-state index contributed by atoms with van der Waals surface area (Å²) in [4.78, 5) is 7.16. The fraction of sp³-hybridized carbons (Fsp3) is 0.0244. The molecule has 0 aliphatic carbocycles. The summed E-state index contributed by atoms with van der Waals surface area (Å²) >= 11 is 0. The topological polar surface area (TPSA) is 56.4 Å². The SMILES string of the molecule is CC1(C)c2ccccc2N(c2cccc(-n3ccc4c3ccc3c5ccccc5n(-c5ccccc5)c34)c2)c2ccccc21.O=P(c1ccccc1)(c1ccccc1)c1ccc(-n2ccc3c2ccc2c4ccccc4n(-c4ccccc4)c23)cc1.c1ccc(N2c3ccccc3N(c3ccc(-n4ccc5c4ccc4c6ccccc6n(-c6ccccc6)c45)cc3)c3ccccc32)cc1. The average Bonchev–Trinajstić information content (AvgIpc) is 1.69. The molecule has 0 spiro atoms. The zero-order valence-electron chi connectivity index (χ0n) is 73.7. The van der Waals surface area contributed by atoms with Crippen LogP contribution in [0.5, 0.6) is 0 Å². The van der Waals surface area contributed by atoms with Crippen molar-refractivity contribution in [3.63, 3.8) is 0 Å². The van der Waals surface area contributed by atoms with Crippen LogP contribution in [0.1, 0.15) is 25.0 Å². The van der Waals surface area contributed by atoms with E-state index in [1.165, 1.54) is 126 Å². The van der Waals surface area contributed by atoms with Crippen LogP contribution in [0.15, 0.2) is 498 Å². The predicted molar refractivity (Wildman–Crippen MR) is 562 cm³/mol. The van der Waals surface area contributed by atoms with Crippen molar-refractivity contribution >= 4 is 172 Å². The highest BCUT2D eigenvalue weighted by Gasteiger charge is 2.38. The number of fused-ring (bicyclic) bond motifs is 19. The molecule has 0 N–H and O–H groups in total. The number of rotatable bonds is 12. The molecule has 8 heterocycles. The Morgan fingerprint density at radius 1 is 0.187 bits per heavy atom. The highest BCUT2D eigenvalue weighted by atomic mass is 31.2. The largest absolute Gasteiger partial charge is 0.316 e. The maximum Gasteiger partial charge on any atom is 0.171 e. The molecule has 10 nitrogen and oxygen atoms in total. The van der Waals surface area contributed by atoms with Crippen molar-refractivity contribution in [2.24, 2.45) is 0 Å². The van der Waals surface area contributed by atoms with Crippen molar-refractivity contribution in [3.8, 4) is 34.1 Å². The van der Waals surface area contributed by atoms with Gasteiger partial charge in [-0.2, -0.15) is 0 Å². The van der Waals surface area contributed by atoms with E-state index in [0.29, 0.717) is 0 Å². The van der Waals surface area contributed by atoms with E-state index in [9.17, 15) is 4.57 Å². The van der Waals surface area contributed by atoms with Crippen LogP contribution in [0.3, 0.4) is 0 Å². The van der Waals surface area contributed by atoms with Crippen molar-refractivity contribution in [1.82, 2.24) is 27.4 Å². The van der Waals surface area contributed by atoms with E-state index < -0.39 is 7.14 Å². The first-order valence-electron chi connectivity index (χ1n) is 45.8. The first kappa shape index (κ1) is 79.0. The van der Waals surface area contributed by atoms with Gasteiger partial charge in [-0.1, -0.05) is 287 Å². The fourth-order valence-electron chi connectivity index (χ4n) is 21.4. The van der Waals surface area contributed by atoms with Gasteiger partial charge in [0.15, 0.2) is 7.14 Å². The number of hydrogen-bond donors (Lipinski definition) is 0. The first-order chi connectivity index (χ1) is 66.2. The Bertz CT molecular complexity index is 8740. The number of benzene rings is 19. The summed E-state index contributed by atoms with van der Waals surface area (Å²) in [6.07, 6.45) is 6.56. The number of para-hydroxylation sites is 13. The van der Waals surface area contributed by atoms with Gasteiger partial charge in [-0.3, -0.25) is 0 Å². The lowest BCUT2D eigenvalue weighted by Gasteiger charge is -2.42. The molecule has 0 amide bonds. The van der Waals surface area contributed by atoms with Gasteiger partial charge >= 0.3 is 0 Å². The summed E-state index contributed by atoms with van der Waals surface area (Å²) in [6, 6.07) is 170. The van der Waals surface area contributed by atoms with Gasteiger partial charge in [-0.05, 0) is 217 Å². The Morgan fingerprint density at radius 3 is 0.836 bits per heavy atom. The van der Waals surface area contributed by atoms with Gasteiger partial charge < -0.3 is 46.7 Å². The van der Waals surface area contributed by atoms with Gasteiger partial charge in [0, 0.05) is 140 Å². The van der Waals surface area contributed by atoms with Crippen LogP contribution >= 0.6 is 7.14 Å². The van der Waals surface area contributed by atoms with E-state index >= 15 is 0 Å². The quantitative estimate of drug-likeness (QED) is 0.114. The highest BCUT2D eigenvalue weighted by molar-refractivity contribution is 7.85. The van der Waals surface area contributed by atoms with Gasteiger partial charge in [0.1, 0.15) is 0 Å². The van der Waals surface area contributed by atoms with Crippen LogP contribution in [-0.4, -0.2) is 27.4 Å². The summed E-state index contributed by atoms with van der Waals surface area (Å²) in [5.41, 5.74) is 30.7. The summed E-state index contributed by atoms with van der Waals surface area (Å²) in [5.74, 6) is 0. The Labute approximate surface area is 776 Å². The van der Waals surface area contributed by atoms with Crippen molar-refractivity contribution in [3.05, 3.63) is 509 Å². The molecule has 2 aliphatic heterocycles. The van der Waals surface area contributed by atoms with Gasteiger partial charge in [0.05, 0.1) is 83.8 Å². The molecular weight excluding hydrogens is 1650 g/mol. The van der Waals surface area contributed by atoms with E-state index in [0.717, 1.165) is 84.0 Å². The predicted octanol–water partition coefficient (Wildman–Crippen LogP) is 31.2.